The van der Waals surface area contributed by atoms with Gasteiger partial charge in [0.2, 0.25) is 0 Å². The molecule has 4 aliphatic rings. The number of ether oxygens (including phenoxy) is 1. The van der Waals surface area contributed by atoms with Crippen molar-refractivity contribution in [3.05, 3.63) is 11.6 Å². The number of hydrogen-bond acceptors (Lipinski definition) is 2. The molecule has 0 amide bonds. The molecule has 0 spiro atoms. The van der Waals surface area contributed by atoms with Crippen molar-refractivity contribution in [3.8, 4) is 0 Å². The van der Waals surface area contributed by atoms with Gasteiger partial charge in [0, 0.05) is 19.3 Å². The zero-order chi connectivity index (χ0) is 18.7. The zero-order valence-corrected chi connectivity index (χ0v) is 17.2. The van der Waals surface area contributed by atoms with Crippen LogP contribution in [0.25, 0.3) is 0 Å². The van der Waals surface area contributed by atoms with Gasteiger partial charge in [-0.15, -0.1) is 0 Å². The Hall–Kier alpha value is -0.830. The first-order valence-corrected chi connectivity index (χ1v) is 11.0. The molecule has 0 aliphatic heterocycles. The fourth-order valence-corrected chi connectivity index (χ4v) is 7.94. The second-order valence-electron chi connectivity index (χ2n) is 10.4. The third-order valence-corrected chi connectivity index (χ3v) is 9.15. The number of quaternary nitrogens is 1. The molecule has 0 bridgehead atoms. The van der Waals surface area contributed by atoms with Gasteiger partial charge in [0.15, 0.2) is 0 Å². The smallest absolute Gasteiger partial charge is 0.302 e. The summed E-state index contributed by atoms with van der Waals surface area (Å²) in [5.41, 5.74) is 6.87. The van der Waals surface area contributed by atoms with Crippen molar-refractivity contribution >= 4 is 5.97 Å². The van der Waals surface area contributed by atoms with Gasteiger partial charge in [-0.25, -0.2) is 0 Å². The summed E-state index contributed by atoms with van der Waals surface area (Å²) in [5.74, 6) is 3.26. The Balaban J connectivity index is 1.58. The molecule has 3 fully saturated rings. The summed E-state index contributed by atoms with van der Waals surface area (Å²) in [6.45, 7) is 8.99. The molecule has 26 heavy (non-hydrogen) atoms. The fourth-order valence-electron chi connectivity index (χ4n) is 7.94. The van der Waals surface area contributed by atoms with E-state index in [2.05, 4.69) is 32.6 Å². The lowest BCUT2D eigenvalue weighted by atomic mass is 9.47. The summed E-state index contributed by atoms with van der Waals surface area (Å²) in [6, 6.07) is 0.575. The van der Waals surface area contributed by atoms with Crippen LogP contribution in [-0.2, 0) is 9.53 Å². The maximum atomic E-state index is 11.4. The van der Waals surface area contributed by atoms with Crippen molar-refractivity contribution in [1.29, 1.82) is 0 Å². The molecule has 4 rings (SSSR count). The van der Waals surface area contributed by atoms with Gasteiger partial charge in [0.25, 0.3) is 0 Å². The molecular weight excluding hydrogens is 322 g/mol. The number of fused-ring (bicyclic) bond motifs is 5. The third-order valence-electron chi connectivity index (χ3n) is 9.15. The Bertz CT molecular complexity index is 611. The van der Waals surface area contributed by atoms with Crippen LogP contribution in [0.3, 0.4) is 0 Å². The van der Waals surface area contributed by atoms with Gasteiger partial charge in [0.1, 0.15) is 6.10 Å². The van der Waals surface area contributed by atoms with Crippen LogP contribution in [0.5, 0.6) is 0 Å². The van der Waals surface area contributed by atoms with Crippen LogP contribution in [0, 0.1) is 34.5 Å². The largest absolute Gasteiger partial charge is 0.462 e. The van der Waals surface area contributed by atoms with Crippen LogP contribution < -0.4 is 5.73 Å². The highest BCUT2D eigenvalue weighted by Crippen LogP contribution is 2.66. The van der Waals surface area contributed by atoms with Crippen LogP contribution in [-0.4, -0.2) is 18.1 Å². The number of esters is 1. The molecule has 3 nitrogen and oxygen atoms in total. The van der Waals surface area contributed by atoms with Crippen molar-refractivity contribution in [3.63, 3.8) is 0 Å². The van der Waals surface area contributed by atoms with Gasteiger partial charge >= 0.3 is 5.97 Å². The van der Waals surface area contributed by atoms with Gasteiger partial charge in [-0.2, -0.15) is 0 Å². The molecule has 4 aliphatic carbocycles. The maximum absolute atomic E-state index is 11.4. The minimum atomic E-state index is -0.124. The van der Waals surface area contributed by atoms with E-state index in [1.54, 1.807) is 12.5 Å². The van der Waals surface area contributed by atoms with Crippen LogP contribution in [0.15, 0.2) is 11.6 Å². The van der Waals surface area contributed by atoms with E-state index in [0.717, 1.165) is 36.5 Å². The highest BCUT2D eigenvalue weighted by atomic mass is 16.5. The van der Waals surface area contributed by atoms with Gasteiger partial charge in [0.05, 0.1) is 6.04 Å². The first kappa shape index (κ1) is 18.5. The zero-order valence-electron chi connectivity index (χ0n) is 17.2. The molecule has 0 unspecified atom stereocenters. The lowest BCUT2D eigenvalue weighted by Gasteiger charge is -2.58. The average Bonchev–Trinajstić information content (AvgIpc) is 2.92. The van der Waals surface area contributed by atoms with E-state index >= 15 is 0 Å². The molecule has 0 aromatic heterocycles. The van der Waals surface area contributed by atoms with E-state index in [9.17, 15) is 4.79 Å². The fraction of sp³-hybridized carbons (Fsp3) is 0.870. The molecule has 8 atom stereocenters. The van der Waals surface area contributed by atoms with Crippen LogP contribution in [0.2, 0.25) is 0 Å². The highest BCUT2D eigenvalue weighted by molar-refractivity contribution is 5.66. The van der Waals surface area contributed by atoms with Crippen molar-refractivity contribution in [2.24, 2.45) is 34.5 Å². The number of carbonyl (C=O) groups is 1. The van der Waals surface area contributed by atoms with Crippen molar-refractivity contribution in [2.45, 2.75) is 91.2 Å². The molecular formula is C23H38NO2+. The van der Waals surface area contributed by atoms with E-state index < -0.39 is 0 Å². The van der Waals surface area contributed by atoms with Crippen LogP contribution in [0.4, 0.5) is 0 Å². The number of rotatable bonds is 2. The highest BCUT2D eigenvalue weighted by Gasteiger charge is 2.59. The molecule has 146 valence electrons. The third kappa shape index (κ3) is 2.68. The van der Waals surface area contributed by atoms with Gasteiger partial charge < -0.3 is 10.5 Å². The van der Waals surface area contributed by atoms with Crippen LogP contribution >= 0.6 is 0 Å². The molecule has 0 saturated heterocycles. The maximum Gasteiger partial charge on any atom is 0.302 e. The molecule has 0 aromatic rings. The van der Waals surface area contributed by atoms with E-state index in [1.807, 2.05) is 0 Å². The predicted octanol–water partition coefficient (Wildman–Crippen LogP) is 4.13. The summed E-state index contributed by atoms with van der Waals surface area (Å²) in [4.78, 5) is 11.4. The minimum absolute atomic E-state index is 0.111. The molecule has 0 radical (unpaired) electrons. The number of hydrogen-bond donors (Lipinski definition) is 1. The summed E-state index contributed by atoms with van der Waals surface area (Å²) in [7, 11) is 0. The van der Waals surface area contributed by atoms with Crippen molar-refractivity contribution < 1.29 is 15.3 Å². The first-order chi connectivity index (χ1) is 12.3. The Morgan fingerprint density at radius 3 is 2.65 bits per heavy atom. The Kier molecular flexibility index (Phi) is 4.53. The standard InChI is InChI=1S/C23H37NO2/c1-14(24)19-7-8-20-18-6-5-16-13-17(26-15(2)25)9-11-22(16,3)21(18)10-12-23(19,20)4/h5,14,17-21H,6-13,24H2,1-4H3/p+1/t14-,17-,18+,19+,20-,21+,22-,23+/m0/s1. The predicted molar refractivity (Wildman–Crippen MR) is 103 cm³/mol. The monoisotopic (exact) mass is 360 g/mol. The summed E-state index contributed by atoms with van der Waals surface area (Å²) in [6.07, 6.45) is 12.7. The Morgan fingerprint density at radius 1 is 1.19 bits per heavy atom. The Morgan fingerprint density at radius 2 is 1.96 bits per heavy atom. The summed E-state index contributed by atoms with van der Waals surface area (Å²) >= 11 is 0. The molecule has 3 saturated carbocycles. The van der Waals surface area contributed by atoms with E-state index in [1.165, 1.54) is 38.5 Å². The minimum Gasteiger partial charge on any atom is -0.462 e. The average molecular weight is 361 g/mol. The molecule has 0 aromatic carbocycles. The Labute approximate surface area is 159 Å². The van der Waals surface area contributed by atoms with Gasteiger partial charge in [-0.05, 0) is 80.5 Å². The van der Waals surface area contributed by atoms with E-state index in [4.69, 9.17) is 4.74 Å². The SMILES string of the molecule is CC(=O)O[C@H]1CC[C@@]2(C)C(=CC[C@H]3[C@H]2CC[C@]2(C)[C@@H]([C@H](C)[NH3+])CC[C@@H]32)C1. The van der Waals surface area contributed by atoms with Gasteiger partial charge in [-0.1, -0.05) is 25.5 Å². The number of carbonyl (C=O) groups excluding carboxylic acids is 1. The lowest BCUT2D eigenvalue weighted by Crippen LogP contribution is -2.65. The summed E-state index contributed by atoms with van der Waals surface area (Å²) in [5, 5.41) is 0. The van der Waals surface area contributed by atoms with E-state index in [0.29, 0.717) is 16.9 Å². The van der Waals surface area contributed by atoms with E-state index in [-0.39, 0.29) is 12.1 Å². The molecule has 3 N–H and O–H groups in total. The lowest BCUT2D eigenvalue weighted by molar-refractivity contribution is -0.433. The van der Waals surface area contributed by atoms with Crippen LogP contribution in [0.1, 0.15) is 79.1 Å². The van der Waals surface area contributed by atoms with Gasteiger partial charge in [-0.3, -0.25) is 4.79 Å². The van der Waals surface area contributed by atoms with Crippen molar-refractivity contribution in [2.75, 3.05) is 0 Å². The second-order valence-corrected chi connectivity index (χ2v) is 10.4. The summed E-state index contributed by atoms with van der Waals surface area (Å²) < 4.78 is 5.56. The van der Waals surface area contributed by atoms with Crippen molar-refractivity contribution in [1.82, 2.24) is 0 Å². The second kappa shape index (κ2) is 6.36. The molecule has 0 heterocycles. The first-order valence-electron chi connectivity index (χ1n) is 11.0. The quantitative estimate of drug-likeness (QED) is 0.595. The topological polar surface area (TPSA) is 53.9 Å². The molecule has 3 heteroatoms. The number of allylic oxidation sites excluding steroid dienone is 1. The normalized spacial score (nSPS) is 48.7.